The Bertz CT molecular complexity index is 424. The molecule has 3 N–H and O–H groups in total. The molecule has 0 aromatic heterocycles. The molecule has 0 saturated carbocycles. The molecule has 1 unspecified atom stereocenters. The third-order valence-corrected chi connectivity index (χ3v) is 2.26. The Hall–Kier alpha value is -1.99. The van der Waals surface area contributed by atoms with Crippen molar-refractivity contribution >= 4 is 5.91 Å². The molecule has 17 heavy (non-hydrogen) atoms. The van der Waals surface area contributed by atoms with Gasteiger partial charge in [-0.1, -0.05) is 18.1 Å². The highest BCUT2D eigenvalue weighted by atomic mass is 16.3. The van der Waals surface area contributed by atoms with Crippen LogP contribution >= 0.6 is 0 Å². The van der Waals surface area contributed by atoms with E-state index in [1.165, 1.54) is 0 Å². The quantitative estimate of drug-likeness (QED) is 0.519. The van der Waals surface area contributed by atoms with Crippen molar-refractivity contribution in [1.82, 2.24) is 10.6 Å². The molecule has 1 rings (SSSR count). The standard InChI is InChI=1S/C13H16N2O2/c1-3-7-14-9-13(17)15-10(2)11-5-4-6-12(16)8-11/h1,4-6,8,10,14,16H,7,9H2,2H3,(H,15,17). The van der Waals surface area contributed by atoms with Gasteiger partial charge in [-0.3, -0.25) is 10.1 Å². The van der Waals surface area contributed by atoms with Gasteiger partial charge in [-0.15, -0.1) is 6.42 Å². The summed E-state index contributed by atoms with van der Waals surface area (Å²) in [6.07, 6.45) is 5.05. The van der Waals surface area contributed by atoms with Crippen molar-refractivity contribution in [2.75, 3.05) is 13.1 Å². The number of carbonyl (C=O) groups excluding carboxylic acids is 1. The largest absolute Gasteiger partial charge is 0.508 e. The molecule has 0 radical (unpaired) electrons. The maximum absolute atomic E-state index is 11.5. The number of amides is 1. The average molecular weight is 232 g/mol. The van der Waals surface area contributed by atoms with Crippen LogP contribution < -0.4 is 10.6 Å². The van der Waals surface area contributed by atoms with E-state index in [0.717, 1.165) is 5.56 Å². The number of nitrogens with one attached hydrogen (secondary N) is 2. The maximum atomic E-state index is 11.5. The predicted octanol–water partition coefficient (Wildman–Crippen LogP) is 0.792. The van der Waals surface area contributed by atoms with E-state index < -0.39 is 0 Å². The number of carbonyl (C=O) groups is 1. The Balaban J connectivity index is 2.46. The third-order valence-electron chi connectivity index (χ3n) is 2.26. The van der Waals surface area contributed by atoms with Gasteiger partial charge in [-0.2, -0.15) is 0 Å². The SMILES string of the molecule is C#CCNCC(=O)NC(C)c1cccc(O)c1. The molecule has 0 aliphatic carbocycles. The predicted molar refractivity (Wildman–Crippen MR) is 66.4 cm³/mol. The summed E-state index contributed by atoms with van der Waals surface area (Å²) in [4.78, 5) is 11.5. The van der Waals surface area contributed by atoms with Gasteiger partial charge in [-0.25, -0.2) is 0 Å². The minimum Gasteiger partial charge on any atom is -0.508 e. The van der Waals surface area contributed by atoms with Gasteiger partial charge in [0.2, 0.25) is 5.91 Å². The highest BCUT2D eigenvalue weighted by Gasteiger charge is 2.09. The number of hydrogen-bond donors (Lipinski definition) is 3. The summed E-state index contributed by atoms with van der Waals surface area (Å²) in [6.45, 7) is 2.41. The summed E-state index contributed by atoms with van der Waals surface area (Å²) in [5.41, 5.74) is 0.857. The lowest BCUT2D eigenvalue weighted by atomic mass is 10.1. The van der Waals surface area contributed by atoms with Crippen LogP contribution in [0.4, 0.5) is 0 Å². The Labute approximate surface area is 101 Å². The second-order valence-electron chi connectivity index (χ2n) is 3.69. The van der Waals surface area contributed by atoms with Gasteiger partial charge in [0.05, 0.1) is 19.1 Å². The molecule has 0 aliphatic heterocycles. The van der Waals surface area contributed by atoms with Gasteiger partial charge < -0.3 is 10.4 Å². The van der Waals surface area contributed by atoms with Crippen molar-refractivity contribution in [1.29, 1.82) is 0 Å². The van der Waals surface area contributed by atoms with Crippen LogP contribution in [0.2, 0.25) is 0 Å². The molecule has 0 heterocycles. The first-order valence-corrected chi connectivity index (χ1v) is 5.36. The Morgan fingerprint density at radius 1 is 1.59 bits per heavy atom. The van der Waals surface area contributed by atoms with Crippen LogP contribution in [0.5, 0.6) is 5.75 Å². The highest BCUT2D eigenvalue weighted by molar-refractivity contribution is 5.78. The molecule has 0 fully saturated rings. The minimum absolute atomic E-state index is 0.129. The van der Waals surface area contributed by atoms with Gasteiger partial charge in [0, 0.05) is 0 Å². The number of terminal acetylenes is 1. The highest BCUT2D eigenvalue weighted by Crippen LogP contribution is 2.17. The summed E-state index contributed by atoms with van der Waals surface area (Å²) in [6, 6.07) is 6.65. The lowest BCUT2D eigenvalue weighted by molar-refractivity contribution is -0.120. The summed E-state index contributed by atoms with van der Waals surface area (Å²) >= 11 is 0. The van der Waals surface area contributed by atoms with Crippen molar-refractivity contribution in [3.8, 4) is 18.1 Å². The number of aromatic hydroxyl groups is 1. The lowest BCUT2D eigenvalue weighted by Gasteiger charge is -2.14. The van der Waals surface area contributed by atoms with E-state index in [-0.39, 0.29) is 24.2 Å². The van der Waals surface area contributed by atoms with Crippen molar-refractivity contribution < 1.29 is 9.90 Å². The topological polar surface area (TPSA) is 61.4 Å². The van der Waals surface area contributed by atoms with Crippen molar-refractivity contribution in [2.24, 2.45) is 0 Å². The summed E-state index contributed by atoms with van der Waals surface area (Å²) < 4.78 is 0. The van der Waals surface area contributed by atoms with Crippen LogP contribution in [0.3, 0.4) is 0 Å². The van der Waals surface area contributed by atoms with Crippen molar-refractivity contribution in [2.45, 2.75) is 13.0 Å². The van der Waals surface area contributed by atoms with Gasteiger partial charge in [0.25, 0.3) is 0 Å². The molecule has 0 bridgehead atoms. The van der Waals surface area contributed by atoms with Crippen molar-refractivity contribution in [3.05, 3.63) is 29.8 Å². The summed E-state index contributed by atoms with van der Waals surface area (Å²) in [5, 5.41) is 14.9. The van der Waals surface area contributed by atoms with Gasteiger partial charge in [0.15, 0.2) is 0 Å². The Kier molecular flexibility index (Phi) is 5.05. The molecular weight excluding hydrogens is 216 g/mol. The van der Waals surface area contributed by atoms with Gasteiger partial charge in [-0.05, 0) is 24.6 Å². The van der Waals surface area contributed by atoms with Crippen LogP contribution in [0.1, 0.15) is 18.5 Å². The van der Waals surface area contributed by atoms with Crippen LogP contribution in [-0.2, 0) is 4.79 Å². The second kappa shape index (κ2) is 6.56. The fraction of sp³-hybridized carbons (Fsp3) is 0.308. The monoisotopic (exact) mass is 232 g/mol. The van der Waals surface area contributed by atoms with Crippen molar-refractivity contribution in [3.63, 3.8) is 0 Å². The lowest BCUT2D eigenvalue weighted by Crippen LogP contribution is -2.35. The number of phenolic OH excluding ortho intramolecular Hbond substituents is 1. The molecule has 0 aliphatic rings. The van der Waals surface area contributed by atoms with E-state index in [9.17, 15) is 9.90 Å². The first kappa shape index (κ1) is 13.1. The molecular formula is C13H16N2O2. The molecule has 1 aromatic carbocycles. The zero-order chi connectivity index (χ0) is 12.7. The molecule has 0 saturated heterocycles. The number of benzene rings is 1. The molecule has 90 valence electrons. The smallest absolute Gasteiger partial charge is 0.234 e. The average Bonchev–Trinajstić information content (AvgIpc) is 2.29. The van der Waals surface area contributed by atoms with E-state index in [1.807, 2.05) is 13.0 Å². The van der Waals surface area contributed by atoms with E-state index in [0.29, 0.717) is 6.54 Å². The number of hydrogen-bond acceptors (Lipinski definition) is 3. The van der Waals surface area contributed by atoms with Gasteiger partial charge >= 0.3 is 0 Å². The van der Waals surface area contributed by atoms with Crippen LogP contribution in [-0.4, -0.2) is 24.1 Å². The van der Waals surface area contributed by atoms with Crippen LogP contribution in [0.15, 0.2) is 24.3 Å². The molecule has 1 atom stereocenters. The fourth-order valence-electron chi connectivity index (χ4n) is 1.42. The summed E-state index contributed by atoms with van der Waals surface area (Å²) in [5.74, 6) is 2.45. The normalized spacial score (nSPS) is 11.5. The first-order valence-electron chi connectivity index (χ1n) is 5.36. The molecule has 4 nitrogen and oxygen atoms in total. The number of phenols is 1. The number of rotatable bonds is 5. The molecule has 1 aromatic rings. The third kappa shape index (κ3) is 4.58. The summed E-state index contributed by atoms with van der Waals surface area (Å²) in [7, 11) is 0. The zero-order valence-corrected chi connectivity index (χ0v) is 9.73. The first-order chi connectivity index (χ1) is 8.13. The van der Waals surface area contributed by atoms with Crippen LogP contribution in [0.25, 0.3) is 0 Å². The zero-order valence-electron chi connectivity index (χ0n) is 9.73. The second-order valence-corrected chi connectivity index (χ2v) is 3.69. The molecule has 4 heteroatoms. The van der Waals surface area contributed by atoms with E-state index in [2.05, 4.69) is 16.6 Å². The fourth-order valence-corrected chi connectivity index (χ4v) is 1.42. The van der Waals surface area contributed by atoms with Crippen LogP contribution in [0, 0.1) is 12.3 Å². The molecule has 1 amide bonds. The maximum Gasteiger partial charge on any atom is 0.234 e. The van der Waals surface area contributed by atoms with E-state index >= 15 is 0 Å². The van der Waals surface area contributed by atoms with Gasteiger partial charge in [0.1, 0.15) is 5.75 Å². The van der Waals surface area contributed by atoms with E-state index in [4.69, 9.17) is 6.42 Å². The Morgan fingerprint density at radius 2 is 2.35 bits per heavy atom. The Morgan fingerprint density at radius 3 is 3.00 bits per heavy atom. The minimum atomic E-state index is -0.151. The molecule has 0 spiro atoms. The van der Waals surface area contributed by atoms with E-state index in [1.54, 1.807) is 18.2 Å².